The van der Waals surface area contributed by atoms with Crippen LogP contribution in [0.3, 0.4) is 0 Å². The summed E-state index contributed by atoms with van der Waals surface area (Å²) >= 11 is 0. The van der Waals surface area contributed by atoms with E-state index in [1.807, 2.05) is 44.2 Å². The highest BCUT2D eigenvalue weighted by Gasteiger charge is 2.35. The largest absolute Gasteiger partial charge is 0.325 e. The minimum Gasteiger partial charge on any atom is -0.325 e. The van der Waals surface area contributed by atoms with Gasteiger partial charge in [-0.25, -0.2) is 12.8 Å². The zero-order chi connectivity index (χ0) is 25.0. The van der Waals surface area contributed by atoms with Crippen LogP contribution in [0.25, 0.3) is 0 Å². The number of hydrogen-bond donors (Lipinski definition) is 1. The van der Waals surface area contributed by atoms with E-state index in [2.05, 4.69) is 10.2 Å². The third-order valence-electron chi connectivity index (χ3n) is 6.21. The van der Waals surface area contributed by atoms with Gasteiger partial charge in [-0.15, -0.1) is 0 Å². The molecular formula is C27H28FN3O3S. The Morgan fingerprint density at radius 3 is 2.34 bits per heavy atom. The first-order valence-corrected chi connectivity index (χ1v) is 13.3. The molecule has 3 aromatic carbocycles. The Morgan fingerprint density at radius 2 is 1.69 bits per heavy atom. The number of benzene rings is 3. The van der Waals surface area contributed by atoms with Crippen molar-refractivity contribution in [1.82, 2.24) is 4.90 Å². The summed E-state index contributed by atoms with van der Waals surface area (Å²) in [7, 11) is -3.43. The Labute approximate surface area is 205 Å². The first-order valence-electron chi connectivity index (χ1n) is 11.6. The molecule has 0 spiro atoms. The summed E-state index contributed by atoms with van der Waals surface area (Å²) in [6, 6.07) is 19.9. The fourth-order valence-electron chi connectivity index (χ4n) is 4.18. The smallest absolute Gasteiger partial charge is 0.238 e. The Bertz CT molecular complexity index is 1340. The van der Waals surface area contributed by atoms with Crippen LogP contribution in [0.5, 0.6) is 0 Å². The third kappa shape index (κ3) is 5.49. The number of fused-ring (bicyclic) bond motifs is 1. The SMILES string of the molecule is CCN(CC)CCS(=O)(=O)c1ccc(N=C(c2ccccc2)C2C(=O)Nc3cc(F)ccc32)cc1. The van der Waals surface area contributed by atoms with Gasteiger partial charge in [-0.05, 0) is 60.6 Å². The van der Waals surface area contributed by atoms with Crippen LogP contribution < -0.4 is 5.32 Å². The van der Waals surface area contributed by atoms with Gasteiger partial charge in [-0.2, -0.15) is 0 Å². The van der Waals surface area contributed by atoms with Gasteiger partial charge in [0.2, 0.25) is 5.91 Å². The minimum absolute atomic E-state index is 0.0438. The van der Waals surface area contributed by atoms with Gasteiger partial charge in [-0.1, -0.05) is 50.2 Å². The first-order chi connectivity index (χ1) is 16.8. The average Bonchev–Trinajstić information content (AvgIpc) is 3.18. The zero-order valence-electron chi connectivity index (χ0n) is 19.7. The maximum Gasteiger partial charge on any atom is 0.238 e. The highest BCUT2D eigenvalue weighted by Crippen LogP contribution is 2.36. The van der Waals surface area contributed by atoms with Gasteiger partial charge in [-0.3, -0.25) is 9.79 Å². The van der Waals surface area contributed by atoms with Crippen LogP contribution in [-0.4, -0.2) is 50.3 Å². The van der Waals surface area contributed by atoms with Crippen LogP contribution in [0.2, 0.25) is 0 Å². The molecule has 0 aliphatic carbocycles. The van der Waals surface area contributed by atoms with E-state index in [-0.39, 0.29) is 16.6 Å². The average molecular weight is 494 g/mol. The van der Waals surface area contributed by atoms with E-state index in [1.165, 1.54) is 12.1 Å². The second-order valence-corrected chi connectivity index (χ2v) is 10.5. The van der Waals surface area contributed by atoms with Crippen LogP contribution >= 0.6 is 0 Å². The van der Waals surface area contributed by atoms with E-state index in [0.717, 1.165) is 18.7 Å². The molecule has 0 radical (unpaired) electrons. The van der Waals surface area contributed by atoms with Crippen LogP contribution in [0.4, 0.5) is 15.8 Å². The molecule has 1 aliphatic rings. The number of sulfone groups is 1. The molecule has 182 valence electrons. The van der Waals surface area contributed by atoms with E-state index in [1.54, 1.807) is 30.3 Å². The minimum atomic E-state index is -3.43. The summed E-state index contributed by atoms with van der Waals surface area (Å²) in [5, 5.41) is 2.74. The predicted molar refractivity (Wildman–Crippen MR) is 137 cm³/mol. The molecule has 4 rings (SSSR count). The predicted octanol–water partition coefficient (Wildman–Crippen LogP) is 4.80. The van der Waals surface area contributed by atoms with Crippen molar-refractivity contribution in [2.45, 2.75) is 24.7 Å². The number of rotatable bonds is 9. The maximum atomic E-state index is 13.7. The monoisotopic (exact) mass is 493 g/mol. The maximum absolute atomic E-state index is 13.7. The van der Waals surface area contributed by atoms with Crippen molar-refractivity contribution in [3.8, 4) is 0 Å². The highest BCUT2D eigenvalue weighted by atomic mass is 32.2. The Balaban J connectivity index is 1.68. The van der Waals surface area contributed by atoms with Crippen molar-refractivity contribution in [2.75, 3.05) is 30.7 Å². The molecule has 0 saturated heterocycles. The second-order valence-electron chi connectivity index (χ2n) is 8.36. The van der Waals surface area contributed by atoms with Crippen molar-refractivity contribution in [2.24, 2.45) is 4.99 Å². The van der Waals surface area contributed by atoms with E-state index >= 15 is 0 Å². The molecule has 6 nitrogen and oxygen atoms in total. The lowest BCUT2D eigenvalue weighted by Gasteiger charge is -2.17. The number of carbonyl (C=O) groups is 1. The van der Waals surface area contributed by atoms with Crippen molar-refractivity contribution in [3.05, 3.63) is 89.7 Å². The molecule has 8 heteroatoms. The Morgan fingerprint density at radius 1 is 1.00 bits per heavy atom. The first kappa shape index (κ1) is 24.8. The van der Waals surface area contributed by atoms with E-state index in [4.69, 9.17) is 4.99 Å². The summed E-state index contributed by atoms with van der Waals surface area (Å²) in [4.78, 5) is 20.0. The molecule has 0 fully saturated rings. The molecule has 0 aromatic heterocycles. The van der Waals surface area contributed by atoms with Crippen molar-refractivity contribution in [3.63, 3.8) is 0 Å². The molecule has 1 aliphatic heterocycles. The lowest BCUT2D eigenvalue weighted by Crippen LogP contribution is -2.29. The van der Waals surface area contributed by atoms with Crippen molar-refractivity contribution < 1.29 is 17.6 Å². The molecule has 1 N–H and O–H groups in total. The normalized spacial score (nSPS) is 15.8. The van der Waals surface area contributed by atoms with Gasteiger partial charge in [0.1, 0.15) is 11.7 Å². The Kier molecular flexibility index (Phi) is 7.42. The molecular weight excluding hydrogens is 465 g/mol. The fourth-order valence-corrected chi connectivity index (χ4v) is 5.47. The molecule has 3 aromatic rings. The van der Waals surface area contributed by atoms with Crippen molar-refractivity contribution >= 4 is 32.8 Å². The molecule has 1 atom stereocenters. The number of aliphatic imine (C=N–C) groups is 1. The molecule has 35 heavy (non-hydrogen) atoms. The highest BCUT2D eigenvalue weighted by molar-refractivity contribution is 7.91. The third-order valence-corrected chi connectivity index (χ3v) is 7.92. The van der Waals surface area contributed by atoms with Gasteiger partial charge in [0, 0.05) is 12.2 Å². The summed E-state index contributed by atoms with van der Waals surface area (Å²) in [5.74, 6) is -1.39. The summed E-state index contributed by atoms with van der Waals surface area (Å²) < 4.78 is 39.3. The number of halogens is 1. The number of anilines is 1. The van der Waals surface area contributed by atoms with Gasteiger partial charge in [0.25, 0.3) is 0 Å². The molecule has 1 heterocycles. The second kappa shape index (κ2) is 10.5. The standard InChI is InChI=1S/C27H28FN3O3S/c1-3-31(4-2)16-17-35(33,34)22-13-11-21(12-14-22)29-26(19-8-6-5-7-9-19)25-23-15-10-20(28)18-24(23)30-27(25)32/h5-15,18,25H,3-4,16-17H2,1-2H3,(H,30,32). The summed E-state index contributed by atoms with van der Waals surface area (Å²) in [6.45, 7) is 6.09. The zero-order valence-corrected chi connectivity index (χ0v) is 20.6. The van der Waals surface area contributed by atoms with Crippen molar-refractivity contribution in [1.29, 1.82) is 0 Å². The number of carbonyl (C=O) groups excluding carboxylic acids is 1. The summed E-state index contributed by atoms with van der Waals surface area (Å²) in [6.07, 6.45) is 0. The van der Waals surface area contributed by atoms with Gasteiger partial charge in [0.15, 0.2) is 9.84 Å². The van der Waals surface area contributed by atoms with Crippen LogP contribution in [-0.2, 0) is 14.6 Å². The number of hydrogen-bond acceptors (Lipinski definition) is 5. The number of nitrogens with zero attached hydrogens (tertiary/aromatic N) is 2. The van der Waals surface area contributed by atoms with Gasteiger partial charge < -0.3 is 10.2 Å². The van der Waals surface area contributed by atoms with Crippen LogP contribution in [0, 0.1) is 5.82 Å². The molecule has 1 unspecified atom stereocenters. The van der Waals surface area contributed by atoms with Gasteiger partial charge >= 0.3 is 0 Å². The quantitative estimate of drug-likeness (QED) is 0.435. The Hall–Kier alpha value is -3.36. The number of amides is 1. The van der Waals surface area contributed by atoms with E-state index in [0.29, 0.717) is 29.2 Å². The number of nitrogens with one attached hydrogen (secondary N) is 1. The lowest BCUT2D eigenvalue weighted by atomic mass is 9.90. The molecule has 1 amide bonds. The molecule has 0 bridgehead atoms. The molecule has 0 saturated carbocycles. The topological polar surface area (TPSA) is 78.8 Å². The van der Waals surface area contributed by atoms with Crippen LogP contribution in [0.1, 0.15) is 30.9 Å². The van der Waals surface area contributed by atoms with E-state index in [9.17, 15) is 17.6 Å². The van der Waals surface area contributed by atoms with Crippen LogP contribution in [0.15, 0.2) is 82.7 Å². The lowest BCUT2D eigenvalue weighted by molar-refractivity contribution is -0.115. The summed E-state index contributed by atoms with van der Waals surface area (Å²) in [5.41, 5.74) is 2.86. The van der Waals surface area contributed by atoms with E-state index < -0.39 is 21.6 Å². The van der Waals surface area contributed by atoms with Gasteiger partial charge in [0.05, 0.1) is 22.0 Å². The fraction of sp³-hybridized carbons (Fsp3) is 0.259.